The van der Waals surface area contributed by atoms with Crippen LogP contribution in [0.5, 0.6) is 0 Å². The van der Waals surface area contributed by atoms with Gasteiger partial charge in [-0.2, -0.15) is 0 Å². The van der Waals surface area contributed by atoms with Crippen LogP contribution in [0.2, 0.25) is 0 Å². The SMILES string of the molecule is O=C(CCN1C[C@@H]2CCC[C@@]2(C(=O)O)C1)Nc1ccc(N2CCCC2=O)cc1. The summed E-state index contributed by atoms with van der Waals surface area (Å²) >= 11 is 0. The van der Waals surface area contributed by atoms with Crippen LogP contribution in [0.4, 0.5) is 11.4 Å². The van der Waals surface area contributed by atoms with Crippen molar-refractivity contribution in [2.45, 2.75) is 38.5 Å². The number of nitrogens with zero attached hydrogens (tertiary/aromatic N) is 2. The first-order valence-electron chi connectivity index (χ1n) is 10.1. The number of aliphatic carboxylic acids is 1. The maximum atomic E-state index is 12.3. The third-order valence-corrected chi connectivity index (χ3v) is 6.56. The molecule has 2 aliphatic heterocycles. The van der Waals surface area contributed by atoms with Gasteiger partial charge in [-0.05, 0) is 49.4 Å². The van der Waals surface area contributed by atoms with E-state index in [1.165, 1.54) is 0 Å². The fourth-order valence-corrected chi connectivity index (χ4v) is 5.04. The van der Waals surface area contributed by atoms with Crippen molar-refractivity contribution in [3.63, 3.8) is 0 Å². The molecule has 1 aromatic carbocycles. The summed E-state index contributed by atoms with van der Waals surface area (Å²) in [4.78, 5) is 39.7. The molecule has 0 spiro atoms. The number of benzene rings is 1. The minimum atomic E-state index is -0.682. The minimum Gasteiger partial charge on any atom is -0.481 e. The Labute approximate surface area is 164 Å². The molecule has 2 saturated heterocycles. The Kier molecular flexibility index (Phi) is 5.10. The number of carbonyl (C=O) groups excluding carboxylic acids is 2. The van der Waals surface area contributed by atoms with Gasteiger partial charge in [0.1, 0.15) is 0 Å². The average Bonchev–Trinajstić information content (AvgIpc) is 3.35. The molecular formula is C21H27N3O4. The van der Waals surface area contributed by atoms with Gasteiger partial charge in [-0.3, -0.25) is 14.4 Å². The van der Waals surface area contributed by atoms with Gasteiger partial charge in [-0.25, -0.2) is 0 Å². The lowest BCUT2D eigenvalue weighted by Crippen LogP contribution is -2.36. The molecule has 3 aliphatic rings. The quantitative estimate of drug-likeness (QED) is 0.784. The molecular weight excluding hydrogens is 358 g/mol. The van der Waals surface area contributed by atoms with Crippen molar-refractivity contribution in [1.82, 2.24) is 4.90 Å². The van der Waals surface area contributed by atoms with Gasteiger partial charge >= 0.3 is 5.97 Å². The molecule has 2 heterocycles. The predicted octanol–water partition coefficient (Wildman–Crippen LogP) is 2.33. The summed E-state index contributed by atoms with van der Waals surface area (Å²) in [6, 6.07) is 7.35. The topological polar surface area (TPSA) is 89.9 Å². The zero-order chi connectivity index (χ0) is 19.7. The van der Waals surface area contributed by atoms with Gasteiger partial charge < -0.3 is 20.2 Å². The lowest BCUT2D eigenvalue weighted by molar-refractivity contribution is -0.149. The van der Waals surface area contributed by atoms with Gasteiger partial charge in [0, 0.05) is 50.4 Å². The van der Waals surface area contributed by atoms with E-state index in [-0.39, 0.29) is 17.7 Å². The molecule has 3 fully saturated rings. The van der Waals surface area contributed by atoms with E-state index < -0.39 is 11.4 Å². The number of carbonyl (C=O) groups is 3. The minimum absolute atomic E-state index is 0.0774. The summed E-state index contributed by atoms with van der Waals surface area (Å²) in [5.74, 6) is -0.398. The highest BCUT2D eigenvalue weighted by atomic mass is 16.4. The molecule has 28 heavy (non-hydrogen) atoms. The first-order chi connectivity index (χ1) is 13.5. The average molecular weight is 385 g/mol. The fraction of sp³-hybridized carbons (Fsp3) is 0.571. The highest BCUT2D eigenvalue weighted by molar-refractivity contribution is 5.96. The van der Waals surface area contributed by atoms with E-state index in [0.717, 1.165) is 44.5 Å². The van der Waals surface area contributed by atoms with E-state index in [2.05, 4.69) is 10.2 Å². The molecule has 150 valence electrons. The lowest BCUT2D eigenvalue weighted by Gasteiger charge is -2.23. The molecule has 4 rings (SSSR count). The van der Waals surface area contributed by atoms with Gasteiger partial charge in [0.05, 0.1) is 5.41 Å². The summed E-state index contributed by atoms with van der Waals surface area (Å²) < 4.78 is 0. The van der Waals surface area contributed by atoms with Gasteiger partial charge in [0.2, 0.25) is 11.8 Å². The number of carboxylic acids is 1. The summed E-state index contributed by atoms with van der Waals surface area (Å²) in [5.41, 5.74) is 0.975. The summed E-state index contributed by atoms with van der Waals surface area (Å²) in [6.07, 6.45) is 4.54. The molecule has 2 N–H and O–H groups in total. The normalized spacial score (nSPS) is 27.2. The number of fused-ring (bicyclic) bond motifs is 1. The van der Waals surface area contributed by atoms with E-state index in [4.69, 9.17) is 0 Å². The van der Waals surface area contributed by atoms with Crippen molar-refractivity contribution in [1.29, 1.82) is 0 Å². The molecule has 2 atom stereocenters. The highest BCUT2D eigenvalue weighted by Gasteiger charge is 2.54. The molecule has 0 bridgehead atoms. The van der Waals surface area contributed by atoms with Gasteiger partial charge in [0.15, 0.2) is 0 Å². The monoisotopic (exact) mass is 385 g/mol. The van der Waals surface area contributed by atoms with E-state index in [0.29, 0.717) is 31.6 Å². The number of nitrogens with one attached hydrogen (secondary N) is 1. The van der Waals surface area contributed by atoms with Crippen LogP contribution >= 0.6 is 0 Å². The van der Waals surface area contributed by atoms with Crippen LogP contribution < -0.4 is 10.2 Å². The molecule has 1 aromatic rings. The van der Waals surface area contributed by atoms with Gasteiger partial charge in [-0.1, -0.05) is 6.42 Å². The van der Waals surface area contributed by atoms with Gasteiger partial charge in [0.25, 0.3) is 0 Å². The number of hydrogen-bond acceptors (Lipinski definition) is 4. The second kappa shape index (κ2) is 7.54. The fourth-order valence-electron chi connectivity index (χ4n) is 5.04. The molecule has 0 radical (unpaired) electrons. The zero-order valence-electron chi connectivity index (χ0n) is 16.0. The third kappa shape index (κ3) is 3.51. The second-order valence-corrected chi connectivity index (χ2v) is 8.28. The Morgan fingerprint density at radius 2 is 2.00 bits per heavy atom. The summed E-state index contributed by atoms with van der Waals surface area (Å²) in [5, 5.41) is 12.5. The first-order valence-corrected chi connectivity index (χ1v) is 10.1. The number of likely N-dealkylation sites (tertiary alicyclic amines) is 1. The molecule has 7 nitrogen and oxygen atoms in total. The van der Waals surface area contributed by atoms with Crippen molar-refractivity contribution in [2.24, 2.45) is 11.3 Å². The summed E-state index contributed by atoms with van der Waals surface area (Å²) in [7, 11) is 0. The second-order valence-electron chi connectivity index (χ2n) is 8.28. The van der Waals surface area contributed by atoms with Crippen molar-refractivity contribution in [3.8, 4) is 0 Å². The van der Waals surface area contributed by atoms with Crippen molar-refractivity contribution in [3.05, 3.63) is 24.3 Å². The lowest BCUT2D eigenvalue weighted by atomic mass is 9.81. The Morgan fingerprint density at radius 1 is 1.21 bits per heavy atom. The van der Waals surface area contributed by atoms with Crippen LogP contribution in [0.25, 0.3) is 0 Å². The van der Waals surface area contributed by atoms with Gasteiger partial charge in [-0.15, -0.1) is 0 Å². The molecule has 0 unspecified atom stereocenters. The Bertz CT molecular complexity index is 778. The van der Waals surface area contributed by atoms with Crippen molar-refractivity contribution >= 4 is 29.2 Å². The maximum Gasteiger partial charge on any atom is 0.311 e. The van der Waals surface area contributed by atoms with Crippen LogP contribution in [-0.2, 0) is 14.4 Å². The van der Waals surface area contributed by atoms with E-state index >= 15 is 0 Å². The van der Waals surface area contributed by atoms with E-state index in [1.807, 2.05) is 24.3 Å². The Balaban J connectivity index is 1.27. The first kappa shape index (κ1) is 18.9. The summed E-state index contributed by atoms with van der Waals surface area (Å²) in [6.45, 7) is 2.66. The Morgan fingerprint density at radius 3 is 2.64 bits per heavy atom. The van der Waals surface area contributed by atoms with Crippen LogP contribution in [0, 0.1) is 11.3 Å². The number of rotatable bonds is 6. The largest absolute Gasteiger partial charge is 0.481 e. The van der Waals surface area contributed by atoms with E-state index in [1.54, 1.807) is 4.90 Å². The molecule has 1 saturated carbocycles. The standard InChI is InChI=1S/C21H27N3O4/c25-18(9-12-23-13-15-3-1-10-21(15,14-23)20(27)28)22-16-5-7-17(8-6-16)24-11-2-4-19(24)26/h5-8,15H,1-4,9-14H2,(H,22,25)(H,27,28)/t15-,21+/m0/s1. The number of anilines is 2. The highest BCUT2D eigenvalue weighted by Crippen LogP contribution is 2.48. The smallest absolute Gasteiger partial charge is 0.311 e. The van der Waals surface area contributed by atoms with Crippen molar-refractivity contribution < 1.29 is 19.5 Å². The third-order valence-electron chi connectivity index (χ3n) is 6.56. The van der Waals surface area contributed by atoms with Crippen LogP contribution in [0.15, 0.2) is 24.3 Å². The molecule has 0 aromatic heterocycles. The van der Waals surface area contributed by atoms with Crippen LogP contribution in [0.1, 0.15) is 38.5 Å². The molecule has 1 aliphatic carbocycles. The van der Waals surface area contributed by atoms with Crippen LogP contribution in [0.3, 0.4) is 0 Å². The number of carboxylic acid groups (broad SMARTS) is 1. The zero-order valence-corrected chi connectivity index (χ0v) is 16.0. The van der Waals surface area contributed by atoms with Crippen LogP contribution in [-0.4, -0.2) is 54.0 Å². The van der Waals surface area contributed by atoms with Crippen molar-refractivity contribution in [2.75, 3.05) is 36.4 Å². The molecule has 2 amide bonds. The maximum absolute atomic E-state index is 12.3. The Hall–Kier alpha value is -2.41. The predicted molar refractivity (Wildman–Crippen MR) is 105 cm³/mol. The molecule has 7 heteroatoms. The van der Waals surface area contributed by atoms with E-state index in [9.17, 15) is 19.5 Å². The number of amides is 2. The number of hydrogen-bond donors (Lipinski definition) is 2.